The van der Waals surface area contributed by atoms with Gasteiger partial charge in [0.25, 0.3) is 0 Å². The Morgan fingerprint density at radius 3 is 2.41 bits per heavy atom. The highest BCUT2D eigenvalue weighted by Crippen LogP contribution is 2.35. The molecular formula is C17H23N5. The molecule has 0 amide bonds. The molecule has 5 nitrogen and oxygen atoms in total. The van der Waals surface area contributed by atoms with E-state index < -0.39 is 0 Å². The van der Waals surface area contributed by atoms with E-state index in [-0.39, 0.29) is 0 Å². The Kier molecular flexibility index (Phi) is 3.98. The van der Waals surface area contributed by atoms with Crippen molar-refractivity contribution in [2.75, 3.05) is 11.1 Å². The van der Waals surface area contributed by atoms with Gasteiger partial charge in [0.05, 0.1) is 5.69 Å². The fraction of sp³-hybridized carbons (Fsp3) is 0.412. The lowest BCUT2D eigenvalue weighted by Crippen LogP contribution is -2.35. The Balaban J connectivity index is 1.72. The van der Waals surface area contributed by atoms with Crippen LogP contribution in [0.5, 0.6) is 0 Å². The summed E-state index contributed by atoms with van der Waals surface area (Å²) in [6.07, 6.45) is 1.96. The number of hydrogen-bond acceptors (Lipinski definition) is 5. The average Bonchev–Trinajstić information content (AvgIpc) is 2.40. The highest BCUT2D eigenvalue weighted by Gasteiger charge is 2.29. The lowest BCUT2D eigenvalue weighted by molar-refractivity contribution is 0.345. The van der Waals surface area contributed by atoms with E-state index in [9.17, 15) is 0 Å². The van der Waals surface area contributed by atoms with Crippen LogP contribution < -0.4 is 16.8 Å². The van der Waals surface area contributed by atoms with E-state index in [1.807, 2.05) is 6.07 Å². The fourth-order valence-corrected chi connectivity index (χ4v) is 3.05. The second kappa shape index (κ2) is 5.93. The molecule has 1 aromatic heterocycles. The van der Waals surface area contributed by atoms with Gasteiger partial charge in [-0.15, -0.1) is 0 Å². The van der Waals surface area contributed by atoms with E-state index in [1.54, 1.807) is 0 Å². The van der Waals surface area contributed by atoms with Crippen LogP contribution in [0.1, 0.15) is 41.1 Å². The van der Waals surface area contributed by atoms with Gasteiger partial charge in [0.15, 0.2) is 0 Å². The van der Waals surface area contributed by atoms with Crippen molar-refractivity contribution in [3.05, 3.63) is 46.6 Å². The topological polar surface area (TPSA) is 89.8 Å². The maximum atomic E-state index is 5.86. The summed E-state index contributed by atoms with van der Waals surface area (Å²) < 4.78 is 0. The number of anilines is 2. The SMILES string of the molecule is Cc1cc(C)cc(CNc2cc(C3CC(N)C3)nc(N)n2)c1. The van der Waals surface area contributed by atoms with Crippen molar-refractivity contribution < 1.29 is 0 Å². The standard InChI is InChI=1S/C17H23N5/c1-10-3-11(2)5-12(4-10)9-20-16-8-15(21-17(19)22-16)13-6-14(18)7-13/h3-5,8,13-14H,6-7,9,18H2,1-2H3,(H3,19,20,21,22). The van der Waals surface area contributed by atoms with Crippen molar-refractivity contribution in [3.63, 3.8) is 0 Å². The monoisotopic (exact) mass is 297 g/mol. The summed E-state index contributed by atoms with van der Waals surface area (Å²) in [5.41, 5.74) is 16.5. The zero-order valence-corrected chi connectivity index (χ0v) is 13.1. The number of nitrogens with zero attached hydrogens (tertiary/aromatic N) is 2. The number of nitrogen functional groups attached to an aromatic ring is 1. The Labute approximate surface area is 131 Å². The molecule has 22 heavy (non-hydrogen) atoms. The van der Waals surface area contributed by atoms with Gasteiger partial charge < -0.3 is 16.8 Å². The Hall–Kier alpha value is -2.14. The second-order valence-electron chi connectivity index (χ2n) is 6.31. The van der Waals surface area contributed by atoms with Gasteiger partial charge >= 0.3 is 0 Å². The lowest BCUT2D eigenvalue weighted by Gasteiger charge is -2.32. The molecule has 0 atom stereocenters. The normalized spacial score (nSPS) is 20.5. The van der Waals surface area contributed by atoms with Crippen LogP contribution >= 0.6 is 0 Å². The van der Waals surface area contributed by atoms with E-state index in [4.69, 9.17) is 11.5 Å². The first-order valence-corrected chi connectivity index (χ1v) is 7.70. The molecule has 1 heterocycles. The van der Waals surface area contributed by atoms with Crippen LogP contribution in [0.2, 0.25) is 0 Å². The summed E-state index contributed by atoms with van der Waals surface area (Å²) in [6, 6.07) is 8.82. The summed E-state index contributed by atoms with van der Waals surface area (Å²) in [5.74, 6) is 1.52. The van der Waals surface area contributed by atoms with Crippen LogP contribution in [0.25, 0.3) is 0 Å². The van der Waals surface area contributed by atoms with Gasteiger partial charge in [0.1, 0.15) is 5.82 Å². The van der Waals surface area contributed by atoms with Gasteiger partial charge in [0.2, 0.25) is 5.95 Å². The van der Waals surface area contributed by atoms with E-state index in [0.29, 0.717) is 17.9 Å². The number of hydrogen-bond donors (Lipinski definition) is 3. The molecule has 5 N–H and O–H groups in total. The quantitative estimate of drug-likeness (QED) is 0.806. The minimum absolute atomic E-state index is 0.299. The van der Waals surface area contributed by atoms with E-state index in [2.05, 4.69) is 47.3 Å². The van der Waals surface area contributed by atoms with Gasteiger partial charge in [0, 0.05) is 24.6 Å². The number of aryl methyl sites for hydroxylation is 2. The highest BCUT2D eigenvalue weighted by molar-refractivity contribution is 5.43. The number of nitrogens with one attached hydrogen (secondary N) is 1. The van der Waals surface area contributed by atoms with Crippen molar-refractivity contribution in [2.45, 2.75) is 45.2 Å². The second-order valence-corrected chi connectivity index (χ2v) is 6.31. The predicted molar refractivity (Wildman–Crippen MR) is 89.6 cm³/mol. The summed E-state index contributed by atoms with van der Waals surface area (Å²) in [4.78, 5) is 8.62. The molecule has 5 heteroatoms. The van der Waals surface area contributed by atoms with Gasteiger partial charge in [-0.3, -0.25) is 0 Å². The van der Waals surface area contributed by atoms with Crippen molar-refractivity contribution in [2.24, 2.45) is 5.73 Å². The van der Waals surface area contributed by atoms with Crippen LogP contribution in [0.4, 0.5) is 11.8 Å². The maximum Gasteiger partial charge on any atom is 0.222 e. The van der Waals surface area contributed by atoms with Crippen molar-refractivity contribution in [1.29, 1.82) is 0 Å². The molecule has 0 aliphatic heterocycles. The number of benzene rings is 1. The Morgan fingerprint density at radius 1 is 1.09 bits per heavy atom. The molecule has 1 fully saturated rings. The van der Waals surface area contributed by atoms with E-state index in [0.717, 1.165) is 30.9 Å². The molecule has 2 aromatic rings. The largest absolute Gasteiger partial charge is 0.368 e. The first kappa shape index (κ1) is 14.8. The molecule has 1 aliphatic rings. The van der Waals surface area contributed by atoms with Crippen LogP contribution in [-0.4, -0.2) is 16.0 Å². The van der Waals surface area contributed by atoms with E-state index in [1.165, 1.54) is 16.7 Å². The van der Waals surface area contributed by atoms with Crippen molar-refractivity contribution in [3.8, 4) is 0 Å². The zero-order valence-electron chi connectivity index (χ0n) is 13.1. The lowest BCUT2D eigenvalue weighted by atomic mass is 9.78. The first-order chi connectivity index (χ1) is 10.5. The number of aromatic nitrogens is 2. The predicted octanol–water partition coefficient (Wildman–Crippen LogP) is 2.49. The molecule has 1 saturated carbocycles. The maximum absolute atomic E-state index is 5.86. The van der Waals surface area contributed by atoms with Crippen molar-refractivity contribution >= 4 is 11.8 Å². The average molecular weight is 297 g/mol. The third-order valence-corrected chi connectivity index (χ3v) is 4.11. The molecular weight excluding hydrogens is 274 g/mol. The van der Waals surface area contributed by atoms with Crippen molar-refractivity contribution in [1.82, 2.24) is 9.97 Å². The van der Waals surface area contributed by atoms with Crippen LogP contribution in [0.15, 0.2) is 24.3 Å². The molecule has 0 bridgehead atoms. The molecule has 0 saturated heterocycles. The minimum atomic E-state index is 0.299. The van der Waals surface area contributed by atoms with Gasteiger partial charge in [-0.2, -0.15) is 4.98 Å². The van der Waals surface area contributed by atoms with Gasteiger partial charge in [-0.25, -0.2) is 4.98 Å². The number of rotatable bonds is 4. The minimum Gasteiger partial charge on any atom is -0.368 e. The fourth-order valence-electron chi connectivity index (χ4n) is 3.05. The third kappa shape index (κ3) is 3.36. The molecule has 116 valence electrons. The van der Waals surface area contributed by atoms with E-state index >= 15 is 0 Å². The molecule has 0 spiro atoms. The Bertz CT molecular complexity index is 656. The highest BCUT2D eigenvalue weighted by atomic mass is 15.1. The smallest absolute Gasteiger partial charge is 0.222 e. The number of nitrogens with two attached hydrogens (primary N) is 2. The molecule has 1 aliphatic carbocycles. The molecule has 0 unspecified atom stereocenters. The zero-order chi connectivity index (χ0) is 15.7. The third-order valence-electron chi connectivity index (χ3n) is 4.11. The molecule has 3 rings (SSSR count). The van der Waals surface area contributed by atoms with Crippen LogP contribution in [0.3, 0.4) is 0 Å². The summed E-state index contributed by atoms with van der Waals surface area (Å²) in [6.45, 7) is 4.94. The Morgan fingerprint density at radius 2 is 1.77 bits per heavy atom. The van der Waals surface area contributed by atoms with Crippen LogP contribution in [0, 0.1) is 13.8 Å². The summed E-state index contributed by atoms with van der Waals surface area (Å²) >= 11 is 0. The summed E-state index contributed by atoms with van der Waals surface area (Å²) in [5, 5.41) is 3.35. The van der Waals surface area contributed by atoms with Crippen LogP contribution in [-0.2, 0) is 6.54 Å². The molecule has 1 aromatic carbocycles. The first-order valence-electron chi connectivity index (χ1n) is 7.70. The molecule has 0 radical (unpaired) electrons. The van der Waals surface area contributed by atoms with Gasteiger partial charge in [-0.05, 0) is 32.3 Å². The summed E-state index contributed by atoms with van der Waals surface area (Å²) in [7, 11) is 0. The van der Waals surface area contributed by atoms with Gasteiger partial charge in [-0.1, -0.05) is 29.3 Å².